The lowest BCUT2D eigenvalue weighted by Crippen LogP contribution is -2.55. The Bertz CT molecular complexity index is 498. The van der Waals surface area contributed by atoms with Crippen molar-refractivity contribution in [2.24, 2.45) is 7.05 Å². The predicted octanol–water partition coefficient (Wildman–Crippen LogP) is 0.410. The molecule has 1 aliphatic heterocycles. The van der Waals surface area contributed by atoms with E-state index in [1.807, 2.05) is 18.7 Å². The fourth-order valence-electron chi connectivity index (χ4n) is 2.43. The maximum absolute atomic E-state index is 12.1. The zero-order valence-corrected chi connectivity index (χ0v) is 11.9. The lowest BCUT2D eigenvalue weighted by molar-refractivity contribution is -0.106. The molecule has 6 nitrogen and oxygen atoms in total. The molecular formula is C13H21N3O3. The number of hydrogen-bond acceptors (Lipinski definition) is 5. The van der Waals surface area contributed by atoms with Crippen LogP contribution in [0.25, 0.3) is 0 Å². The van der Waals surface area contributed by atoms with E-state index in [-0.39, 0.29) is 17.3 Å². The molecule has 2 heterocycles. The molecule has 1 unspecified atom stereocenters. The molecule has 0 saturated carbocycles. The summed E-state index contributed by atoms with van der Waals surface area (Å²) in [5.41, 5.74) is -0.416. The average molecular weight is 267 g/mol. The number of aromatic nitrogens is 2. The van der Waals surface area contributed by atoms with Gasteiger partial charge in [-0.3, -0.25) is 4.79 Å². The monoisotopic (exact) mass is 267 g/mol. The van der Waals surface area contributed by atoms with Gasteiger partial charge in [0.05, 0.1) is 18.3 Å². The molecule has 0 spiro atoms. The fourth-order valence-corrected chi connectivity index (χ4v) is 2.43. The molecule has 1 fully saturated rings. The van der Waals surface area contributed by atoms with Gasteiger partial charge in [-0.25, -0.2) is 4.98 Å². The summed E-state index contributed by atoms with van der Waals surface area (Å²) in [4.78, 5) is 18.3. The van der Waals surface area contributed by atoms with Gasteiger partial charge >= 0.3 is 0 Å². The first-order valence-corrected chi connectivity index (χ1v) is 6.36. The Balaban J connectivity index is 2.28. The van der Waals surface area contributed by atoms with Gasteiger partial charge in [0.1, 0.15) is 0 Å². The minimum atomic E-state index is -0.329. The molecule has 106 valence electrons. The highest BCUT2D eigenvalue weighted by Gasteiger charge is 2.34. The number of methoxy groups -OCH3 is 1. The quantitative estimate of drug-likeness (QED) is 0.794. The summed E-state index contributed by atoms with van der Waals surface area (Å²) in [6.45, 7) is 5.78. The lowest BCUT2D eigenvalue weighted by Gasteiger charge is -2.42. The van der Waals surface area contributed by atoms with Crippen molar-refractivity contribution in [2.75, 3.05) is 31.7 Å². The standard InChI is InChI=1S/C13H21N3O3/c1-13(2)9-16(7-10(19-13)8-18-4)11-12(17)15(3)6-5-14-11/h5-6,10H,7-9H2,1-4H3. The molecule has 19 heavy (non-hydrogen) atoms. The highest BCUT2D eigenvalue weighted by molar-refractivity contribution is 5.37. The van der Waals surface area contributed by atoms with Gasteiger partial charge in [0.2, 0.25) is 0 Å². The van der Waals surface area contributed by atoms with E-state index < -0.39 is 0 Å². The number of nitrogens with zero attached hydrogens (tertiary/aromatic N) is 3. The minimum absolute atomic E-state index is 0.0551. The molecule has 0 aliphatic carbocycles. The molecule has 1 aromatic rings. The van der Waals surface area contributed by atoms with Crippen LogP contribution < -0.4 is 10.5 Å². The topological polar surface area (TPSA) is 56.6 Å². The molecule has 0 bridgehead atoms. The van der Waals surface area contributed by atoms with Crippen LogP contribution in [0.3, 0.4) is 0 Å². The van der Waals surface area contributed by atoms with E-state index in [1.165, 1.54) is 4.57 Å². The average Bonchev–Trinajstić information content (AvgIpc) is 2.31. The molecule has 6 heteroatoms. The second-order valence-electron chi connectivity index (χ2n) is 5.50. The lowest BCUT2D eigenvalue weighted by atomic mass is 10.1. The smallest absolute Gasteiger partial charge is 0.293 e. The molecule has 0 radical (unpaired) electrons. The third-order valence-corrected chi connectivity index (χ3v) is 3.13. The highest BCUT2D eigenvalue weighted by atomic mass is 16.5. The van der Waals surface area contributed by atoms with Gasteiger partial charge in [-0.1, -0.05) is 0 Å². The van der Waals surface area contributed by atoms with Crippen molar-refractivity contribution < 1.29 is 9.47 Å². The van der Waals surface area contributed by atoms with E-state index in [1.54, 1.807) is 26.6 Å². The Hall–Kier alpha value is -1.40. The van der Waals surface area contributed by atoms with E-state index >= 15 is 0 Å². The molecule has 0 amide bonds. The molecule has 1 aliphatic rings. The van der Waals surface area contributed by atoms with Crippen molar-refractivity contribution in [1.29, 1.82) is 0 Å². The van der Waals surface area contributed by atoms with Crippen LogP contribution in [-0.2, 0) is 16.5 Å². The third kappa shape index (κ3) is 3.13. The van der Waals surface area contributed by atoms with Crippen LogP contribution in [0.5, 0.6) is 0 Å². The maximum atomic E-state index is 12.1. The van der Waals surface area contributed by atoms with Crippen molar-refractivity contribution in [3.8, 4) is 0 Å². The molecule has 1 saturated heterocycles. The fraction of sp³-hybridized carbons (Fsp3) is 0.692. The van der Waals surface area contributed by atoms with Crippen molar-refractivity contribution in [3.05, 3.63) is 22.7 Å². The second kappa shape index (κ2) is 5.30. The van der Waals surface area contributed by atoms with E-state index in [2.05, 4.69) is 4.98 Å². The summed E-state index contributed by atoms with van der Waals surface area (Å²) < 4.78 is 12.6. The number of hydrogen-bond donors (Lipinski definition) is 0. The van der Waals surface area contributed by atoms with Crippen LogP contribution in [0.4, 0.5) is 5.82 Å². The molecular weight excluding hydrogens is 246 g/mol. The zero-order chi connectivity index (χ0) is 14.0. The molecule has 0 aromatic carbocycles. The Kier molecular flexibility index (Phi) is 3.91. The van der Waals surface area contributed by atoms with Gasteiger partial charge in [-0.2, -0.15) is 0 Å². The van der Waals surface area contributed by atoms with Gasteiger partial charge in [0.15, 0.2) is 5.82 Å². The van der Waals surface area contributed by atoms with E-state index in [0.29, 0.717) is 25.5 Å². The van der Waals surface area contributed by atoms with E-state index in [0.717, 1.165) is 0 Å². The maximum Gasteiger partial charge on any atom is 0.293 e. The first-order valence-electron chi connectivity index (χ1n) is 6.36. The summed E-state index contributed by atoms with van der Waals surface area (Å²) in [5, 5.41) is 0. The first-order chi connectivity index (χ1) is 8.93. The number of rotatable bonds is 3. The van der Waals surface area contributed by atoms with Crippen LogP contribution >= 0.6 is 0 Å². The molecule has 2 rings (SSSR count). The number of ether oxygens (including phenoxy) is 2. The normalized spacial score (nSPS) is 22.5. The minimum Gasteiger partial charge on any atom is -0.382 e. The van der Waals surface area contributed by atoms with Gasteiger partial charge < -0.3 is 18.9 Å². The predicted molar refractivity (Wildman–Crippen MR) is 72.5 cm³/mol. The van der Waals surface area contributed by atoms with Crippen LogP contribution in [0.1, 0.15) is 13.8 Å². The number of aryl methyl sites for hydroxylation is 1. The second-order valence-corrected chi connectivity index (χ2v) is 5.50. The van der Waals surface area contributed by atoms with Gasteiger partial charge in [-0.05, 0) is 13.8 Å². The summed E-state index contributed by atoms with van der Waals surface area (Å²) in [6, 6.07) is 0. The molecule has 0 N–H and O–H groups in total. The SMILES string of the molecule is COCC1CN(c2nccn(C)c2=O)CC(C)(C)O1. The van der Waals surface area contributed by atoms with Crippen LogP contribution in [-0.4, -0.2) is 48.1 Å². The summed E-state index contributed by atoms with van der Waals surface area (Å²) in [6.07, 6.45) is 3.25. The summed E-state index contributed by atoms with van der Waals surface area (Å²) in [7, 11) is 3.38. The Morgan fingerprint density at radius 2 is 2.32 bits per heavy atom. The molecule has 1 aromatic heterocycles. The summed E-state index contributed by atoms with van der Waals surface area (Å²) >= 11 is 0. The zero-order valence-electron chi connectivity index (χ0n) is 11.9. The summed E-state index contributed by atoms with van der Waals surface area (Å²) in [5.74, 6) is 0.475. The van der Waals surface area contributed by atoms with Gasteiger partial charge in [-0.15, -0.1) is 0 Å². The van der Waals surface area contributed by atoms with Gasteiger partial charge in [0.25, 0.3) is 5.56 Å². The largest absolute Gasteiger partial charge is 0.382 e. The van der Waals surface area contributed by atoms with Crippen LogP contribution in [0.15, 0.2) is 17.2 Å². The Labute approximate surface area is 113 Å². The van der Waals surface area contributed by atoms with Crippen molar-refractivity contribution in [2.45, 2.75) is 25.6 Å². The highest BCUT2D eigenvalue weighted by Crippen LogP contribution is 2.23. The number of morpholine rings is 1. The van der Waals surface area contributed by atoms with E-state index in [4.69, 9.17) is 9.47 Å². The van der Waals surface area contributed by atoms with Crippen LogP contribution in [0, 0.1) is 0 Å². The van der Waals surface area contributed by atoms with Crippen molar-refractivity contribution >= 4 is 5.82 Å². The van der Waals surface area contributed by atoms with E-state index in [9.17, 15) is 4.79 Å². The Morgan fingerprint density at radius 3 is 3.00 bits per heavy atom. The number of anilines is 1. The van der Waals surface area contributed by atoms with Gasteiger partial charge in [0, 0.05) is 39.6 Å². The van der Waals surface area contributed by atoms with Crippen LogP contribution in [0.2, 0.25) is 0 Å². The molecule has 1 atom stereocenters. The third-order valence-electron chi connectivity index (χ3n) is 3.13. The van der Waals surface area contributed by atoms with Crippen molar-refractivity contribution in [1.82, 2.24) is 9.55 Å². The van der Waals surface area contributed by atoms with Crippen molar-refractivity contribution in [3.63, 3.8) is 0 Å². The first kappa shape index (κ1) is 14.0. The Morgan fingerprint density at radius 1 is 1.58 bits per heavy atom.